The average Bonchev–Trinajstić information content (AvgIpc) is 3.39. The maximum absolute atomic E-state index is 13.1. The van der Waals surface area contributed by atoms with E-state index < -0.39 is 12.1 Å². The van der Waals surface area contributed by atoms with Crippen molar-refractivity contribution in [2.45, 2.75) is 61.8 Å². The minimum atomic E-state index is -0.716. The van der Waals surface area contributed by atoms with Crippen LogP contribution in [-0.4, -0.2) is 70.3 Å². The summed E-state index contributed by atoms with van der Waals surface area (Å²) in [6.45, 7) is 5.75. The highest BCUT2D eigenvalue weighted by Gasteiger charge is 2.51. The van der Waals surface area contributed by atoms with E-state index in [4.69, 9.17) is 5.73 Å². The Morgan fingerprint density at radius 1 is 1.30 bits per heavy atom. The first-order valence-electron chi connectivity index (χ1n) is 10.6. The summed E-state index contributed by atoms with van der Waals surface area (Å²) >= 11 is 4.33. The number of hydrogen-bond donors (Lipinski definition) is 2. The van der Waals surface area contributed by atoms with Gasteiger partial charge in [0, 0.05) is 30.6 Å². The summed E-state index contributed by atoms with van der Waals surface area (Å²) in [5, 5.41) is 9.33. The number of nitrogens with zero attached hydrogens (tertiary/aromatic N) is 4. The van der Waals surface area contributed by atoms with Gasteiger partial charge in [0.05, 0.1) is 24.2 Å². The van der Waals surface area contributed by atoms with Crippen molar-refractivity contribution in [3.05, 3.63) is 29.8 Å². The lowest BCUT2D eigenvalue weighted by Gasteiger charge is -2.38. The molecule has 2 bridgehead atoms. The molecule has 7 nitrogen and oxygen atoms in total. The van der Waals surface area contributed by atoms with Gasteiger partial charge in [0.1, 0.15) is 6.04 Å². The summed E-state index contributed by atoms with van der Waals surface area (Å²) in [6.07, 6.45) is 1.47. The smallest absolute Gasteiger partial charge is 0.241 e. The number of likely N-dealkylation sites (tertiary alicyclic amines) is 3. The number of nitriles is 1. The molecule has 2 N–H and O–H groups in total. The van der Waals surface area contributed by atoms with Crippen molar-refractivity contribution >= 4 is 24.4 Å². The molecule has 2 amide bonds. The second-order valence-corrected chi connectivity index (χ2v) is 9.47. The van der Waals surface area contributed by atoms with E-state index in [9.17, 15) is 14.9 Å². The van der Waals surface area contributed by atoms with Crippen LogP contribution >= 0.6 is 12.6 Å². The number of nitrogens with two attached hydrogens (primary N) is 1. The Hall–Kier alpha value is -2.08. The summed E-state index contributed by atoms with van der Waals surface area (Å²) in [4.78, 5) is 32.5. The number of carbonyl (C=O) groups is 2. The van der Waals surface area contributed by atoms with Crippen LogP contribution in [0, 0.1) is 17.2 Å². The Bertz CT molecular complexity index is 869. The summed E-state index contributed by atoms with van der Waals surface area (Å²) in [6, 6.07) is 8.94. The average molecular weight is 428 g/mol. The van der Waals surface area contributed by atoms with E-state index in [0.717, 1.165) is 23.4 Å². The molecular formula is C22H29N5O2S. The molecule has 160 valence electrons. The van der Waals surface area contributed by atoms with E-state index in [-0.39, 0.29) is 29.9 Å². The number of fused-ring (bicyclic) bond motifs is 2. The highest BCUT2D eigenvalue weighted by atomic mass is 32.1. The van der Waals surface area contributed by atoms with Gasteiger partial charge in [-0.25, -0.2) is 0 Å². The van der Waals surface area contributed by atoms with E-state index in [1.54, 1.807) is 4.90 Å². The lowest BCUT2D eigenvalue weighted by atomic mass is 10.1. The molecule has 3 fully saturated rings. The maximum atomic E-state index is 13.1. The SMILES string of the molecule is CC1CC(C#N)N(C(=O)C(N)CN2C[C@@H]3CC2C(=O)N3[C@@H](C)c2ccc(S)cc2)C1. The van der Waals surface area contributed by atoms with Crippen molar-refractivity contribution in [2.24, 2.45) is 11.7 Å². The van der Waals surface area contributed by atoms with E-state index in [0.29, 0.717) is 25.4 Å². The van der Waals surface area contributed by atoms with Crippen LogP contribution < -0.4 is 5.73 Å². The van der Waals surface area contributed by atoms with Crippen molar-refractivity contribution in [1.29, 1.82) is 5.26 Å². The van der Waals surface area contributed by atoms with Crippen LogP contribution in [0.4, 0.5) is 0 Å². The van der Waals surface area contributed by atoms with Crippen molar-refractivity contribution in [2.75, 3.05) is 19.6 Å². The number of rotatable bonds is 5. The fourth-order valence-electron chi connectivity index (χ4n) is 5.27. The lowest BCUT2D eigenvalue weighted by molar-refractivity contribution is -0.141. The van der Waals surface area contributed by atoms with Crippen LogP contribution in [0.3, 0.4) is 0 Å². The Balaban J connectivity index is 1.39. The Kier molecular flexibility index (Phi) is 5.80. The van der Waals surface area contributed by atoms with Crippen LogP contribution in [0.2, 0.25) is 0 Å². The molecule has 8 heteroatoms. The van der Waals surface area contributed by atoms with Crippen molar-refractivity contribution in [1.82, 2.24) is 14.7 Å². The van der Waals surface area contributed by atoms with Gasteiger partial charge in [0.25, 0.3) is 0 Å². The molecule has 1 aromatic carbocycles. The van der Waals surface area contributed by atoms with Crippen LogP contribution in [0.25, 0.3) is 0 Å². The number of carbonyl (C=O) groups excluding carboxylic acids is 2. The number of benzene rings is 1. The monoisotopic (exact) mass is 427 g/mol. The molecule has 3 aliphatic rings. The third kappa shape index (κ3) is 3.70. The topological polar surface area (TPSA) is 93.7 Å². The Morgan fingerprint density at radius 2 is 2.00 bits per heavy atom. The van der Waals surface area contributed by atoms with Crippen LogP contribution in [-0.2, 0) is 9.59 Å². The van der Waals surface area contributed by atoms with E-state index in [1.807, 2.05) is 36.1 Å². The van der Waals surface area contributed by atoms with Gasteiger partial charge in [0.15, 0.2) is 0 Å². The minimum Gasteiger partial charge on any atom is -0.330 e. The Morgan fingerprint density at radius 3 is 2.63 bits per heavy atom. The number of piperazine rings is 1. The molecule has 0 saturated carbocycles. The minimum absolute atomic E-state index is 0.00126. The van der Waals surface area contributed by atoms with Gasteiger partial charge in [0.2, 0.25) is 11.8 Å². The zero-order chi connectivity index (χ0) is 21.6. The molecule has 4 unspecified atom stereocenters. The molecule has 1 aromatic rings. The van der Waals surface area contributed by atoms with Crippen molar-refractivity contribution < 1.29 is 9.59 Å². The van der Waals surface area contributed by atoms with E-state index in [1.165, 1.54) is 0 Å². The molecule has 6 atom stereocenters. The van der Waals surface area contributed by atoms with Crippen molar-refractivity contribution in [3.8, 4) is 6.07 Å². The van der Waals surface area contributed by atoms with Gasteiger partial charge in [-0.05, 0) is 43.4 Å². The molecule has 4 rings (SSSR count). The van der Waals surface area contributed by atoms with E-state index >= 15 is 0 Å². The molecule has 3 aliphatic heterocycles. The second kappa shape index (κ2) is 8.22. The van der Waals surface area contributed by atoms with E-state index in [2.05, 4.69) is 30.5 Å². The first-order chi connectivity index (χ1) is 14.3. The second-order valence-electron chi connectivity index (χ2n) is 8.96. The predicted octanol–water partition coefficient (Wildman–Crippen LogP) is 1.41. The molecule has 3 saturated heterocycles. The maximum Gasteiger partial charge on any atom is 0.241 e. The lowest BCUT2D eigenvalue weighted by Crippen LogP contribution is -2.56. The number of amides is 2. The fraction of sp³-hybridized carbons (Fsp3) is 0.591. The summed E-state index contributed by atoms with van der Waals surface area (Å²) in [5.41, 5.74) is 7.34. The molecule has 0 radical (unpaired) electrons. The zero-order valence-corrected chi connectivity index (χ0v) is 18.3. The summed E-state index contributed by atoms with van der Waals surface area (Å²) < 4.78 is 0. The standard InChI is InChI=1S/C22H29N5O2S/c1-13-7-16(9-23)26(10-13)21(28)19(24)12-25-11-17-8-20(25)22(29)27(17)14(2)15-3-5-18(30)6-4-15/h3-6,13-14,16-17,19-20,30H,7-8,10-12,24H2,1-2H3/t13?,14-,16?,17-,19?,20?/m0/s1. The summed E-state index contributed by atoms with van der Waals surface area (Å²) in [7, 11) is 0. The third-order valence-electron chi connectivity index (χ3n) is 6.80. The van der Waals surface area contributed by atoms with Crippen molar-refractivity contribution in [3.63, 3.8) is 0 Å². The molecular weight excluding hydrogens is 398 g/mol. The first-order valence-corrected chi connectivity index (χ1v) is 11.1. The van der Waals surface area contributed by atoms with Gasteiger partial charge < -0.3 is 15.5 Å². The van der Waals surface area contributed by atoms with Gasteiger partial charge >= 0.3 is 0 Å². The van der Waals surface area contributed by atoms with Gasteiger partial charge in [-0.2, -0.15) is 5.26 Å². The van der Waals surface area contributed by atoms with Crippen LogP contribution in [0.15, 0.2) is 29.2 Å². The Labute approximate surface area is 183 Å². The summed E-state index contributed by atoms with van der Waals surface area (Å²) in [5.74, 6) is 0.234. The molecule has 0 aliphatic carbocycles. The molecule has 3 heterocycles. The van der Waals surface area contributed by atoms with Crippen LogP contribution in [0.5, 0.6) is 0 Å². The third-order valence-corrected chi connectivity index (χ3v) is 7.10. The normalized spacial score (nSPS) is 30.6. The highest BCUT2D eigenvalue weighted by Crippen LogP contribution is 2.38. The molecule has 30 heavy (non-hydrogen) atoms. The predicted molar refractivity (Wildman–Crippen MR) is 116 cm³/mol. The zero-order valence-electron chi connectivity index (χ0n) is 17.4. The number of thiol groups is 1. The quantitative estimate of drug-likeness (QED) is 0.693. The van der Waals surface area contributed by atoms with Gasteiger partial charge in [-0.15, -0.1) is 12.6 Å². The fourth-order valence-corrected chi connectivity index (χ4v) is 5.42. The molecule has 0 aromatic heterocycles. The molecule has 0 spiro atoms. The number of hydrogen-bond acceptors (Lipinski definition) is 6. The van der Waals surface area contributed by atoms with Crippen LogP contribution in [0.1, 0.15) is 38.3 Å². The first kappa shape index (κ1) is 21.2. The largest absolute Gasteiger partial charge is 0.330 e. The van der Waals surface area contributed by atoms with Gasteiger partial charge in [-0.3, -0.25) is 14.5 Å². The highest BCUT2D eigenvalue weighted by molar-refractivity contribution is 7.80. The van der Waals surface area contributed by atoms with Gasteiger partial charge in [-0.1, -0.05) is 19.1 Å².